The molecule has 4 rings (SSSR count). The number of carbonyl (C=O) groups is 1. The van der Waals surface area contributed by atoms with Gasteiger partial charge in [0.2, 0.25) is 0 Å². The molecule has 130 valence electrons. The Balaban J connectivity index is 1.36. The van der Waals surface area contributed by atoms with E-state index in [1.807, 2.05) is 30.5 Å². The normalized spacial score (nSPS) is 11.0. The molecule has 1 amide bonds. The lowest BCUT2D eigenvalue weighted by molar-refractivity contribution is 0.0954. The van der Waals surface area contributed by atoms with Crippen LogP contribution in [0, 0.1) is 6.92 Å². The van der Waals surface area contributed by atoms with Crippen molar-refractivity contribution < 1.29 is 9.21 Å². The molecule has 3 aromatic heterocycles. The third kappa shape index (κ3) is 3.48. The van der Waals surface area contributed by atoms with E-state index in [4.69, 9.17) is 4.42 Å². The van der Waals surface area contributed by atoms with Crippen LogP contribution in [0.15, 0.2) is 52.5 Å². The maximum absolute atomic E-state index is 12.3. The Morgan fingerprint density at radius 1 is 1.23 bits per heavy atom. The quantitative estimate of drug-likeness (QED) is 0.585. The summed E-state index contributed by atoms with van der Waals surface area (Å²) in [5.41, 5.74) is 2.32. The standard InChI is InChI=1S/C19H16N4O2S/c1-12-9-14-10-13(3-4-16(14)25-12)18(24)22-8-5-15-11-26-19(23-15)17-20-6-2-7-21-17/h2-4,6-7,9-11H,5,8H2,1H3,(H,22,24). The van der Waals surface area contributed by atoms with Gasteiger partial charge in [0.05, 0.1) is 5.69 Å². The van der Waals surface area contributed by atoms with Gasteiger partial charge >= 0.3 is 0 Å². The monoisotopic (exact) mass is 364 g/mol. The van der Waals surface area contributed by atoms with Crippen molar-refractivity contribution in [1.82, 2.24) is 20.3 Å². The maximum Gasteiger partial charge on any atom is 0.251 e. The predicted molar refractivity (Wildman–Crippen MR) is 100 cm³/mol. The molecule has 0 aliphatic carbocycles. The third-order valence-electron chi connectivity index (χ3n) is 3.88. The summed E-state index contributed by atoms with van der Waals surface area (Å²) in [6, 6.07) is 9.14. The van der Waals surface area contributed by atoms with Gasteiger partial charge < -0.3 is 9.73 Å². The van der Waals surface area contributed by atoms with E-state index < -0.39 is 0 Å². The first-order valence-electron chi connectivity index (χ1n) is 8.19. The zero-order chi connectivity index (χ0) is 17.9. The number of furan rings is 1. The Labute approximate surface area is 153 Å². The summed E-state index contributed by atoms with van der Waals surface area (Å²) in [7, 11) is 0. The van der Waals surface area contributed by atoms with Crippen molar-refractivity contribution >= 4 is 28.2 Å². The highest BCUT2D eigenvalue weighted by molar-refractivity contribution is 7.13. The lowest BCUT2D eigenvalue weighted by atomic mass is 10.1. The summed E-state index contributed by atoms with van der Waals surface area (Å²) < 4.78 is 5.53. The molecule has 0 fully saturated rings. The third-order valence-corrected chi connectivity index (χ3v) is 4.76. The number of nitrogens with one attached hydrogen (secondary N) is 1. The van der Waals surface area contributed by atoms with Crippen LogP contribution in [-0.2, 0) is 6.42 Å². The predicted octanol–water partition coefficient (Wildman–Crippen LogP) is 3.63. The smallest absolute Gasteiger partial charge is 0.251 e. The van der Waals surface area contributed by atoms with Gasteiger partial charge in [-0.1, -0.05) is 0 Å². The Bertz CT molecular complexity index is 1060. The molecule has 4 aromatic rings. The van der Waals surface area contributed by atoms with Crippen LogP contribution in [-0.4, -0.2) is 27.4 Å². The number of aromatic nitrogens is 3. The van der Waals surface area contributed by atoms with Gasteiger partial charge in [0.25, 0.3) is 5.91 Å². The van der Waals surface area contributed by atoms with E-state index in [2.05, 4.69) is 20.3 Å². The van der Waals surface area contributed by atoms with Crippen LogP contribution in [0.4, 0.5) is 0 Å². The maximum atomic E-state index is 12.3. The fraction of sp³-hybridized carbons (Fsp3) is 0.158. The summed E-state index contributed by atoms with van der Waals surface area (Å²) in [5.74, 6) is 1.35. The summed E-state index contributed by atoms with van der Waals surface area (Å²) >= 11 is 1.50. The lowest BCUT2D eigenvalue weighted by Gasteiger charge is -2.04. The molecule has 0 aliphatic rings. The summed E-state index contributed by atoms with van der Waals surface area (Å²) in [6.07, 6.45) is 4.05. The van der Waals surface area contributed by atoms with Crippen LogP contribution in [0.2, 0.25) is 0 Å². The van der Waals surface area contributed by atoms with Crippen molar-refractivity contribution in [2.24, 2.45) is 0 Å². The molecule has 0 atom stereocenters. The van der Waals surface area contributed by atoms with Crippen LogP contribution < -0.4 is 5.32 Å². The second-order valence-corrected chi connectivity index (χ2v) is 6.69. The number of aryl methyl sites for hydroxylation is 1. The Morgan fingerprint density at radius 3 is 2.92 bits per heavy atom. The number of amides is 1. The highest BCUT2D eigenvalue weighted by Crippen LogP contribution is 2.21. The molecule has 6 nitrogen and oxygen atoms in total. The van der Waals surface area contributed by atoms with E-state index in [9.17, 15) is 4.79 Å². The first kappa shape index (κ1) is 16.4. The molecule has 0 radical (unpaired) electrons. The summed E-state index contributed by atoms with van der Waals surface area (Å²) in [6.45, 7) is 2.41. The average molecular weight is 364 g/mol. The fourth-order valence-electron chi connectivity index (χ4n) is 2.66. The van der Waals surface area contributed by atoms with Gasteiger partial charge in [0.15, 0.2) is 10.8 Å². The minimum absolute atomic E-state index is 0.104. The van der Waals surface area contributed by atoms with Crippen LogP contribution >= 0.6 is 11.3 Å². The number of benzene rings is 1. The summed E-state index contributed by atoms with van der Waals surface area (Å²) in [5, 5.41) is 6.62. The average Bonchev–Trinajstić information content (AvgIpc) is 3.27. The highest BCUT2D eigenvalue weighted by Gasteiger charge is 2.10. The minimum Gasteiger partial charge on any atom is -0.461 e. The van der Waals surface area contributed by atoms with Gasteiger partial charge in [-0.3, -0.25) is 4.79 Å². The second-order valence-electron chi connectivity index (χ2n) is 5.83. The van der Waals surface area contributed by atoms with Crippen molar-refractivity contribution in [3.63, 3.8) is 0 Å². The number of thiazole rings is 1. The van der Waals surface area contributed by atoms with Crippen molar-refractivity contribution in [1.29, 1.82) is 0 Å². The molecule has 0 saturated carbocycles. The topological polar surface area (TPSA) is 80.9 Å². The molecule has 1 N–H and O–H groups in total. The SMILES string of the molecule is Cc1cc2cc(C(=O)NCCc3csc(-c4ncccn4)n3)ccc2o1. The van der Waals surface area contributed by atoms with Crippen molar-refractivity contribution in [3.8, 4) is 10.8 Å². The molecule has 0 spiro atoms. The van der Waals surface area contributed by atoms with Gasteiger partial charge in [0, 0.05) is 41.7 Å². The first-order valence-corrected chi connectivity index (χ1v) is 9.07. The first-order chi connectivity index (χ1) is 12.7. The zero-order valence-electron chi connectivity index (χ0n) is 14.1. The van der Waals surface area contributed by atoms with E-state index >= 15 is 0 Å². The Kier molecular flexibility index (Phi) is 4.45. The molecule has 7 heteroatoms. The van der Waals surface area contributed by atoms with Gasteiger partial charge in [-0.2, -0.15) is 0 Å². The molecule has 0 saturated heterocycles. The molecule has 3 heterocycles. The van der Waals surface area contributed by atoms with Crippen molar-refractivity contribution in [3.05, 3.63) is 65.1 Å². The van der Waals surface area contributed by atoms with Crippen LogP contribution in [0.25, 0.3) is 21.8 Å². The lowest BCUT2D eigenvalue weighted by Crippen LogP contribution is -2.25. The molecule has 1 aromatic carbocycles. The fourth-order valence-corrected chi connectivity index (χ4v) is 3.46. The van der Waals surface area contributed by atoms with Crippen molar-refractivity contribution in [2.75, 3.05) is 6.54 Å². The molecular weight excluding hydrogens is 348 g/mol. The van der Waals surface area contributed by atoms with E-state index in [-0.39, 0.29) is 5.91 Å². The van der Waals surface area contributed by atoms with Gasteiger partial charge in [-0.15, -0.1) is 11.3 Å². The Morgan fingerprint density at radius 2 is 2.08 bits per heavy atom. The largest absolute Gasteiger partial charge is 0.461 e. The van der Waals surface area contributed by atoms with Gasteiger partial charge in [-0.25, -0.2) is 15.0 Å². The number of nitrogens with zero attached hydrogens (tertiary/aromatic N) is 3. The number of carbonyl (C=O) groups excluding carboxylic acids is 1. The van der Waals surface area contributed by atoms with Crippen LogP contribution in [0.1, 0.15) is 21.8 Å². The second kappa shape index (κ2) is 7.05. The number of fused-ring (bicyclic) bond motifs is 1. The van der Waals surface area contributed by atoms with E-state index in [0.29, 0.717) is 24.4 Å². The van der Waals surface area contributed by atoms with Gasteiger partial charge in [-0.05, 0) is 37.3 Å². The van der Waals surface area contributed by atoms with E-state index in [1.165, 1.54) is 11.3 Å². The Hall–Kier alpha value is -3.06. The number of hydrogen-bond acceptors (Lipinski definition) is 6. The van der Waals surface area contributed by atoms with Crippen LogP contribution in [0.5, 0.6) is 0 Å². The minimum atomic E-state index is -0.104. The van der Waals surface area contributed by atoms with Crippen LogP contribution in [0.3, 0.4) is 0 Å². The van der Waals surface area contributed by atoms with Crippen molar-refractivity contribution in [2.45, 2.75) is 13.3 Å². The van der Waals surface area contributed by atoms with E-state index in [1.54, 1.807) is 24.5 Å². The molecule has 0 aliphatic heterocycles. The number of hydrogen-bond donors (Lipinski definition) is 1. The molecule has 0 bridgehead atoms. The summed E-state index contributed by atoms with van der Waals surface area (Å²) in [4.78, 5) is 25.2. The molecular formula is C19H16N4O2S. The zero-order valence-corrected chi connectivity index (χ0v) is 14.9. The highest BCUT2D eigenvalue weighted by atomic mass is 32.1. The number of rotatable bonds is 5. The molecule has 26 heavy (non-hydrogen) atoms. The van der Waals surface area contributed by atoms with Gasteiger partial charge in [0.1, 0.15) is 11.3 Å². The van der Waals surface area contributed by atoms with E-state index in [0.717, 1.165) is 27.4 Å². The molecule has 0 unspecified atom stereocenters.